The van der Waals surface area contributed by atoms with Crippen LogP contribution in [0.15, 0.2) is 0 Å². The van der Waals surface area contributed by atoms with Gasteiger partial charge in [0, 0.05) is 0 Å². The Bertz CT molecular complexity index is 302. The molecule has 0 aliphatic heterocycles. The first kappa shape index (κ1) is 20.2. The van der Waals surface area contributed by atoms with Crippen LogP contribution in [0.1, 0.15) is 0 Å². The molecule has 0 aliphatic rings. The van der Waals surface area contributed by atoms with E-state index in [9.17, 15) is 25.9 Å². The van der Waals surface area contributed by atoms with Crippen LogP contribution in [0.5, 0.6) is 0 Å². The Morgan fingerprint density at radius 3 is 1.00 bits per heavy atom. The molecule has 0 spiro atoms. The molecule has 0 atom stereocenters. The van der Waals surface area contributed by atoms with Crippen molar-refractivity contribution in [3.05, 3.63) is 0 Å². The fourth-order valence-electron chi connectivity index (χ4n) is 0.125. The van der Waals surface area contributed by atoms with Gasteiger partial charge in [0.15, 0.2) is 20.2 Å². The molecular formula is CH2Na2O8S2. The molecule has 0 saturated heterocycles. The molecule has 0 saturated carbocycles. The second kappa shape index (κ2) is 5.72. The van der Waals surface area contributed by atoms with Gasteiger partial charge in [-0.2, -0.15) is 0 Å². The van der Waals surface area contributed by atoms with Crippen molar-refractivity contribution in [2.45, 2.75) is 4.45 Å². The van der Waals surface area contributed by atoms with E-state index in [2.05, 4.69) is 0 Å². The smallest absolute Gasteiger partial charge is 0.743 e. The summed E-state index contributed by atoms with van der Waals surface area (Å²) in [5, 5.41) is 15.9. The Morgan fingerprint density at radius 2 is 1.00 bits per heavy atom. The predicted octanol–water partition coefficient (Wildman–Crippen LogP) is -9.32. The van der Waals surface area contributed by atoms with E-state index < -0.39 is 24.7 Å². The average Bonchev–Trinajstić information content (AvgIpc) is 1.58. The summed E-state index contributed by atoms with van der Waals surface area (Å²) in [5.74, 6) is 0. The van der Waals surface area contributed by atoms with Crippen molar-refractivity contribution in [3.8, 4) is 0 Å². The maximum Gasteiger partial charge on any atom is 1.00 e. The largest absolute Gasteiger partial charge is 1.00 e. The summed E-state index contributed by atoms with van der Waals surface area (Å²) in [4.78, 5) is 0. The second-order valence-electron chi connectivity index (χ2n) is 1.46. The maximum atomic E-state index is 9.66. The summed E-state index contributed by atoms with van der Waals surface area (Å²) in [7, 11) is -12.0. The first-order chi connectivity index (χ1) is 4.50. The normalized spacial score (nSPS) is 12.6. The number of aliphatic hydroxyl groups is 2. The van der Waals surface area contributed by atoms with Crippen LogP contribution < -0.4 is 59.1 Å². The molecular weight excluding hydrogens is 250 g/mol. The van der Waals surface area contributed by atoms with Crippen molar-refractivity contribution < 1.29 is 95.3 Å². The molecule has 0 aromatic carbocycles. The summed E-state index contributed by atoms with van der Waals surface area (Å²) in [5.41, 5.74) is 0. The molecule has 0 amide bonds. The van der Waals surface area contributed by atoms with E-state index in [1.165, 1.54) is 0 Å². The first-order valence-corrected chi connectivity index (χ1v) is 4.67. The molecule has 13 heavy (non-hydrogen) atoms. The van der Waals surface area contributed by atoms with Crippen LogP contribution in [-0.2, 0) is 20.2 Å². The van der Waals surface area contributed by atoms with E-state index in [0.29, 0.717) is 0 Å². The van der Waals surface area contributed by atoms with Crippen molar-refractivity contribution in [3.63, 3.8) is 0 Å². The van der Waals surface area contributed by atoms with Crippen molar-refractivity contribution in [1.29, 1.82) is 0 Å². The van der Waals surface area contributed by atoms with Crippen molar-refractivity contribution in [1.82, 2.24) is 0 Å². The molecule has 0 aromatic rings. The van der Waals surface area contributed by atoms with Gasteiger partial charge in [0.1, 0.15) is 0 Å². The van der Waals surface area contributed by atoms with Crippen LogP contribution in [0.25, 0.3) is 0 Å². The third-order valence-electron chi connectivity index (χ3n) is 0.651. The molecule has 12 heteroatoms. The van der Waals surface area contributed by atoms with E-state index in [-0.39, 0.29) is 59.1 Å². The Hall–Kier alpha value is 1.74. The maximum absolute atomic E-state index is 9.66. The topological polar surface area (TPSA) is 155 Å². The molecule has 0 aromatic heterocycles. The zero-order chi connectivity index (χ0) is 9.50. The molecule has 0 rings (SSSR count). The van der Waals surface area contributed by atoms with Crippen molar-refractivity contribution in [2.75, 3.05) is 0 Å². The van der Waals surface area contributed by atoms with Gasteiger partial charge in [-0.05, 0) is 0 Å². The van der Waals surface area contributed by atoms with Gasteiger partial charge in [0.25, 0.3) is 0 Å². The Balaban J connectivity index is -0.000000500. The Morgan fingerprint density at radius 1 is 0.846 bits per heavy atom. The third-order valence-corrected chi connectivity index (χ3v) is 3.18. The van der Waals surface area contributed by atoms with Gasteiger partial charge in [-0.3, -0.25) is 0 Å². The fraction of sp³-hybridized carbons (Fsp3) is 1.00. The van der Waals surface area contributed by atoms with Crippen molar-refractivity contribution >= 4 is 20.2 Å². The molecule has 0 radical (unpaired) electrons. The predicted molar refractivity (Wildman–Crippen MR) is 26.6 cm³/mol. The Labute approximate surface area is 118 Å². The fourth-order valence-corrected chi connectivity index (χ4v) is 1.12. The minimum absolute atomic E-state index is 0. The first-order valence-electron chi connectivity index (χ1n) is 1.86. The van der Waals surface area contributed by atoms with Gasteiger partial charge in [0.2, 0.25) is 0 Å². The van der Waals surface area contributed by atoms with Gasteiger partial charge in [0.05, 0.1) is 0 Å². The van der Waals surface area contributed by atoms with Gasteiger partial charge in [-0.15, -0.1) is 0 Å². The van der Waals surface area contributed by atoms with Crippen LogP contribution in [0.2, 0.25) is 0 Å². The van der Waals surface area contributed by atoms with E-state index >= 15 is 0 Å². The summed E-state index contributed by atoms with van der Waals surface area (Å²) in [6.45, 7) is 0. The Kier molecular flexibility index (Phi) is 8.89. The standard InChI is InChI=1S/CH4O8S2.2Na/c2-1(3,10(4,5)6)11(7,8)9;;/h2-3H,(H,4,5,6)(H,7,8,9);;/q;2*+1/p-2. The SMILES string of the molecule is O=S(=O)([O-])C(O)(O)S(=O)(=O)[O-].[Na+].[Na+]. The van der Waals surface area contributed by atoms with Gasteiger partial charge in [-0.1, -0.05) is 0 Å². The zero-order valence-electron chi connectivity index (χ0n) is 6.66. The quantitative estimate of drug-likeness (QED) is 0.279. The van der Waals surface area contributed by atoms with Gasteiger partial charge < -0.3 is 19.3 Å². The van der Waals surface area contributed by atoms with E-state index in [1.807, 2.05) is 0 Å². The van der Waals surface area contributed by atoms with Crippen LogP contribution >= 0.6 is 0 Å². The molecule has 68 valence electrons. The molecule has 0 heterocycles. The van der Waals surface area contributed by atoms with Crippen LogP contribution in [0.3, 0.4) is 0 Å². The molecule has 0 fully saturated rings. The van der Waals surface area contributed by atoms with Gasteiger partial charge >= 0.3 is 63.6 Å². The van der Waals surface area contributed by atoms with E-state index in [4.69, 9.17) is 10.2 Å². The number of rotatable bonds is 2. The monoisotopic (exact) mass is 252 g/mol. The minimum atomic E-state index is -6.00. The second-order valence-corrected chi connectivity index (χ2v) is 4.67. The summed E-state index contributed by atoms with van der Waals surface area (Å²) >= 11 is 0. The molecule has 0 unspecified atom stereocenters. The summed E-state index contributed by atoms with van der Waals surface area (Å²) in [6, 6.07) is 0. The average molecular weight is 252 g/mol. The van der Waals surface area contributed by atoms with Crippen LogP contribution in [0, 0.1) is 0 Å². The minimum Gasteiger partial charge on any atom is -0.743 e. The van der Waals surface area contributed by atoms with Crippen LogP contribution in [-0.4, -0.2) is 40.6 Å². The zero-order valence-corrected chi connectivity index (χ0v) is 12.3. The molecule has 2 N–H and O–H groups in total. The van der Waals surface area contributed by atoms with E-state index in [1.54, 1.807) is 0 Å². The number of hydrogen-bond acceptors (Lipinski definition) is 8. The third kappa shape index (κ3) is 4.86. The van der Waals surface area contributed by atoms with Crippen LogP contribution in [0.4, 0.5) is 0 Å². The van der Waals surface area contributed by atoms with E-state index in [0.717, 1.165) is 0 Å². The van der Waals surface area contributed by atoms with Gasteiger partial charge in [-0.25, -0.2) is 16.8 Å². The molecule has 8 nitrogen and oxygen atoms in total. The molecule has 0 bridgehead atoms. The molecule has 0 aliphatic carbocycles. The summed E-state index contributed by atoms with van der Waals surface area (Å²) in [6.07, 6.45) is 0. The number of hydrogen-bond donors (Lipinski definition) is 2. The van der Waals surface area contributed by atoms with Crippen molar-refractivity contribution in [2.24, 2.45) is 0 Å². The summed E-state index contributed by atoms with van der Waals surface area (Å²) < 4.78 is 53.2.